The summed E-state index contributed by atoms with van der Waals surface area (Å²) in [6.07, 6.45) is 0. The highest BCUT2D eigenvalue weighted by atomic mass is 79.9. The first-order chi connectivity index (χ1) is 19.6. The third kappa shape index (κ3) is 4.59. The van der Waals surface area contributed by atoms with E-state index in [9.17, 15) is 8.42 Å². The minimum atomic E-state index is -3.99. The zero-order valence-electron chi connectivity index (χ0n) is 21.6. The van der Waals surface area contributed by atoms with Crippen LogP contribution in [0.1, 0.15) is 11.1 Å². The number of hydrogen-bond donors (Lipinski definition) is 4. The summed E-state index contributed by atoms with van der Waals surface area (Å²) in [7, 11) is -3.99. The molecule has 7 nitrogen and oxygen atoms in total. The van der Waals surface area contributed by atoms with Crippen molar-refractivity contribution in [3.8, 4) is 22.3 Å². The molecule has 0 fully saturated rings. The number of nitrogens with one attached hydrogen (secondary N) is 2. The van der Waals surface area contributed by atoms with Gasteiger partial charge in [0, 0.05) is 26.4 Å². The van der Waals surface area contributed by atoms with E-state index >= 15 is 0 Å². The highest BCUT2D eigenvalue weighted by molar-refractivity contribution is 9.10. The number of rotatable bonds is 6. The number of fused-ring (bicyclic) bond motifs is 3. The second-order valence-electron chi connectivity index (χ2n) is 9.65. The van der Waals surface area contributed by atoms with Crippen molar-refractivity contribution in [1.82, 2.24) is 3.97 Å². The summed E-state index contributed by atoms with van der Waals surface area (Å²) < 4.78 is 30.2. The number of aromatic nitrogens is 1. The van der Waals surface area contributed by atoms with E-state index < -0.39 is 10.0 Å². The molecule has 1 heterocycles. The molecule has 0 spiro atoms. The molecule has 0 amide bonds. The van der Waals surface area contributed by atoms with Gasteiger partial charge >= 0.3 is 0 Å². The molecule has 0 saturated carbocycles. The third-order valence-electron chi connectivity index (χ3n) is 7.09. The fraction of sp³-hybridized carbons (Fsp3) is 0. The summed E-state index contributed by atoms with van der Waals surface area (Å²) in [5, 5.41) is 17.2. The molecule has 0 bridgehead atoms. The Labute approximate surface area is 245 Å². The topological polar surface area (TPSA) is 139 Å². The molecular weight excluding hydrogens is 598 g/mol. The number of nitrogen functional groups attached to an aromatic ring is 2. The molecular formula is C32H24BrN5O2S. The Morgan fingerprint density at radius 2 is 1.07 bits per heavy atom. The van der Waals surface area contributed by atoms with Crippen LogP contribution in [0.4, 0.5) is 0 Å². The van der Waals surface area contributed by atoms with Crippen molar-refractivity contribution in [3.05, 3.63) is 125 Å². The lowest BCUT2D eigenvalue weighted by Crippen LogP contribution is -2.13. The fourth-order valence-electron chi connectivity index (χ4n) is 5.09. The van der Waals surface area contributed by atoms with Gasteiger partial charge in [-0.15, -0.1) is 0 Å². The summed E-state index contributed by atoms with van der Waals surface area (Å²) in [4.78, 5) is 0.162. The molecule has 0 unspecified atom stereocenters. The Bertz CT molecular complexity index is 2040. The van der Waals surface area contributed by atoms with E-state index in [0.717, 1.165) is 33.0 Å². The van der Waals surface area contributed by atoms with Gasteiger partial charge < -0.3 is 11.5 Å². The minimum Gasteiger partial charge on any atom is -0.384 e. The molecule has 0 aliphatic rings. The van der Waals surface area contributed by atoms with Crippen LogP contribution in [0.3, 0.4) is 0 Å². The standard InChI is InChI=1S/C32H24BrN5O2S/c33-27-9-1-2-10-30(27)41(39,40)38-28-13-11-21(19-5-3-7-23(15-19)31(34)35)17-25(28)26-18-22(12-14-29(26)38)20-6-4-8-24(16-20)32(36)37/h1-18H,(H3,34,35)(H3,36,37). The van der Waals surface area contributed by atoms with Crippen LogP contribution >= 0.6 is 15.9 Å². The normalized spacial score (nSPS) is 11.6. The number of halogens is 1. The Morgan fingerprint density at radius 1 is 0.610 bits per heavy atom. The van der Waals surface area contributed by atoms with Gasteiger partial charge in [0.1, 0.15) is 16.6 Å². The molecule has 0 saturated heterocycles. The maximum Gasteiger partial charge on any atom is 0.269 e. The molecule has 202 valence electrons. The number of nitrogens with zero attached hydrogens (tertiary/aromatic N) is 1. The van der Waals surface area contributed by atoms with E-state index in [0.29, 0.717) is 26.6 Å². The zero-order valence-corrected chi connectivity index (χ0v) is 24.0. The van der Waals surface area contributed by atoms with E-state index in [-0.39, 0.29) is 16.6 Å². The third-order valence-corrected chi connectivity index (χ3v) is 9.83. The molecule has 0 aliphatic heterocycles. The molecule has 5 aromatic carbocycles. The van der Waals surface area contributed by atoms with E-state index in [1.807, 2.05) is 72.8 Å². The van der Waals surface area contributed by atoms with E-state index in [1.54, 1.807) is 36.4 Å². The lowest BCUT2D eigenvalue weighted by molar-refractivity contribution is 0.590. The first kappa shape index (κ1) is 26.5. The highest BCUT2D eigenvalue weighted by Gasteiger charge is 2.25. The van der Waals surface area contributed by atoms with Crippen LogP contribution in [0.5, 0.6) is 0 Å². The van der Waals surface area contributed by atoms with Gasteiger partial charge in [-0.3, -0.25) is 10.8 Å². The molecule has 1 aromatic heterocycles. The Balaban J connectivity index is 1.65. The molecule has 0 aliphatic carbocycles. The predicted molar refractivity (Wildman–Crippen MR) is 169 cm³/mol. The van der Waals surface area contributed by atoms with Crippen molar-refractivity contribution >= 4 is 59.4 Å². The summed E-state index contributed by atoms with van der Waals surface area (Å²) in [6.45, 7) is 0. The highest BCUT2D eigenvalue weighted by Crippen LogP contribution is 2.38. The van der Waals surface area contributed by atoms with Gasteiger partial charge in [-0.2, -0.15) is 0 Å². The van der Waals surface area contributed by atoms with Gasteiger partial charge in [0.25, 0.3) is 10.0 Å². The average molecular weight is 623 g/mol. The van der Waals surface area contributed by atoms with E-state index in [4.69, 9.17) is 22.3 Å². The van der Waals surface area contributed by atoms with Gasteiger partial charge in [-0.1, -0.05) is 60.7 Å². The quantitative estimate of drug-likeness (QED) is 0.121. The number of nitrogens with two attached hydrogens (primary N) is 2. The molecule has 6 rings (SSSR count). The largest absolute Gasteiger partial charge is 0.384 e. The van der Waals surface area contributed by atoms with Crippen molar-refractivity contribution in [2.75, 3.05) is 0 Å². The monoisotopic (exact) mass is 621 g/mol. The first-order valence-corrected chi connectivity index (χ1v) is 14.9. The van der Waals surface area contributed by atoms with Crippen LogP contribution in [0.2, 0.25) is 0 Å². The van der Waals surface area contributed by atoms with Crippen LogP contribution in [0.15, 0.2) is 119 Å². The van der Waals surface area contributed by atoms with Gasteiger partial charge in [-0.05, 0) is 86.7 Å². The van der Waals surface area contributed by atoms with Crippen LogP contribution in [-0.4, -0.2) is 24.1 Å². The molecule has 41 heavy (non-hydrogen) atoms. The van der Waals surface area contributed by atoms with Crippen LogP contribution in [-0.2, 0) is 10.0 Å². The van der Waals surface area contributed by atoms with Crippen molar-refractivity contribution in [2.24, 2.45) is 11.5 Å². The van der Waals surface area contributed by atoms with Gasteiger partial charge in [0.05, 0.1) is 11.0 Å². The fourth-order valence-corrected chi connectivity index (χ4v) is 7.59. The molecule has 0 atom stereocenters. The number of benzene rings is 5. The first-order valence-electron chi connectivity index (χ1n) is 12.6. The minimum absolute atomic E-state index is 0.0264. The second kappa shape index (κ2) is 10.0. The van der Waals surface area contributed by atoms with Crippen molar-refractivity contribution in [3.63, 3.8) is 0 Å². The zero-order chi connectivity index (χ0) is 28.9. The number of hydrogen-bond acceptors (Lipinski definition) is 4. The maximum atomic E-state index is 14.2. The molecule has 9 heteroatoms. The molecule has 0 radical (unpaired) electrons. The Morgan fingerprint density at radius 3 is 1.54 bits per heavy atom. The smallest absolute Gasteiger partial charge is 0.269 e. The van der Waals surface area contributed by atoms with Gasteiger partial charge in [0.15, 0.2) is 0 Å². The predicted octanol–water partition coefficient (Wildman–Crippen LogP) is 6.70. The molecule has 6 N–H and O–H groups in total. The van der Waals surface area contributed by atoms with E-state index in [2.05, 4.69) is 15.9 Å². The van der Waals surface area contributed by atoms with Gasteiger partial charge in [0.2, 0.25) is 0 Å². The van der Waals surface area contributed by atoms with Crippen molar-refractivity contribution < 1.29 is 8.42 Å². The van der Waals surface area contributed by atoms with Crippen LogP contribution in [0, 0.1) is 10.8 Å². The summed E-state index contributed by atoms with van der Waals surface area (Å²) in [5.74, 6) is -0.0528. The SMILES string of the molecule is N=C(N)c1cccc(-c2ccc3c(c2)c2cc(-c4cccc(C(=N)N)c4)ccc2n3S(=O)(=O)c2ccccc2Br)c1. The number of amidine groups is 2. The lowest BCUT2D eigenvalue weighted by atomic mass is 9.98. The summed E-state index contributed by atoms with van der Waals surface area (Å²) in [6, 6.07) is 32.9. The Kier molecular flexibility index (Phi) is 6.48. The summed E-state index contributed by atoms with van der Waals surface area (Å²) in [5.41, 5.74) is 17.2. The Hall–Kier alpha value is -4.73. The van der Waals surface area contributed by atoms with E-state index in [1.165, 1.54) is 3.97 Å². The lowest BCUT2D eigenvalue weighted by Gasteiger charge is -2.11. The maximum absolute atomic E-state index is 14.2. The van der Waals surface area contributed by atoms with Crippen LogP contribution < -0.4 is 11.5 Å². The molecule has 6 aromatic rings. The second-order valence-corrected chi connectivity index (χ2v) is 12.3. The average Bonchev–Trinajstić information content (AvgIpc) is 3.31. The summed E-state index contributed by atoms with van der Waals surface area (Å²) >= 11 is 3.42. The van der Waals surface area contributed by atoms with Gasteiger partial charge in [-0.25, -0.2) is 12.4 Å². The van der Waals surface area contributed by atoms with Crippen molar-refractivity contribution in [2.45, 2.75) is 4.90 Å². The van der Waals surface area contributed by atoms with Crippen molar-refractivity contribution in [1.29, 1.82) is 10.8 Å². The van der Waals surface area contributed by atoms with Crippen LogP contribution in [0.25, 0.3) is 44.1 Å².